The third-order valence-corrected chi connectivity index (χ3v) is 6.81. The summed E-state index contributed by atoms with van der Waals surface area (Å²) in [5.74, 6) is 1.56. The van der Waals surface area contributed by atoms with Crippen molar-refractivity contribution < 1.29 is 17.9 Å². The molecule has 8 heteroatoms. The predicted octanol–water partition coefficient (Wildman–Crippen LogP) is 1.11. The van der Waals surface area contributed by atoms with Crippen LogP contribution in [0.4, 0.5) is 4.79 Å². The Kier molecular flexibility index (Phi) is 5.07. The summed E-state index contributed by atoms with van der Waals surface area (Å²) in [5, 5.41) is 0. The van der Waals surface area contributed by atoms with Crippen LogP contribution in [0.3, 0.4) is 0 Å². The van der Waals surface area contributed by atoms with Gasteiger partial charge in [-0.15, -0.1) is 0 Å². The van der Waals surface area contributed by atoms with Gasteiger partial charge in [-0.3, -0.25) is 0 Å². The number of fused-ring (bicyclic) bond motifs is 1. The smallest absolute Gasteiger partial charge is 0.410 e. The van der Waals surface area contributed by atoms with Crippen molar-refractivity contribution in [3.63, 3.8) is 0 Å². The lowest BCUT2D eigenvalue weighted by Gasteiger charge is -2.25. The van der Waals surface area contributed by atoms with Crippen LogP contribution in [0.2, 0.25) is 0 Å². The first-order valence-corrected chi connectivity index (χ1v) is 10.9. The molecule has 2 unspecified atom stereocenters. The summed E-state index contributed by atoms with van der Waals surface area (Å²) in [6, 6.07) is 0.142. The van der Waals surface area contributed by atoms with Gasteiger partial charge >= 0.3 is 6.09 Å². The summed E-state index contributed by atoms with van der Waals surface area (Å²) in [5.41, 5.74) is -0.452. The van der Waals surface area contributed by atoms with Crippen molar-refractivity contribution in [3.05, 3.63) is 0 Å². The summed E-state index contributed by atoms with van der Waals surface area (Å²) in [6.07, 6.45) is 0.796. The molecule has 1 aliphatic carbocycles. The van der Waals surface area contributed by atoms with Gasteiger partial charge in [0, 0.05) is 38.8 Å². The maximum Gasteiger partial charge on any atom is 0.410 e. The molecule has 1 saturated carbocycles. The summed E-state index contributed by atoms with van der Waals surface area (Å²) < 4.78 is 31.6. The minimum absolute atomic E-state index is 0.142. The molecule has 0 radical (unpaired) electrons. The van der Waals surface area contributed by atoms with E-state index in [1.807, 2.05) is 25.7 Å². The Labute approximate surface area is 151 Å². The number of hydrogen-bond donors (Lipinski definition) is 1. The molecule has 0 aromatic rings. The van der Waals surface area contributed by atoms with Gasteiger partial charge < -0.3 is 14.5 Å². The van der Waals surface area contributed by atoms with E-state index in [9.17, 15) is 13.2 Å². The second-order valence-corrected chi connectivity index (χ2v) is 10.7. The lowest BCUT2D eigenvalue weighted by molar-refractivity contribution is 0.0285. The SMILES string of the molecule is CCS(=O)(=O)NC1C2CN(C[C@@H]3CCN(C(=O)OC(C)(C)C)C3)CC21. The molecule has 0 aromatic heterocycles. The van der Waals surface area contributed by atoms with E-state index in [4.69, 9.17) is 4.74 Å². The quantitative estimate of drug-likeness (QED) is 0.781. The third-order valence-electron chi connectivity index (χ3n) is 5.42. The Morgan fingerprint density at radius 2 is 1.84 bits per heavy atom. The van der Waals surface area contributed by atoms with Gasteiger partial charge in [-0.05, 0) is 51.9 Å². The Hall–Kier alpha value is -0.860. The lowest BCUT2D eigenvalue weighted by Crippen LogP contribution is -2.38. The van der Waals surface area contributed by atoms with Crippen LogP contribution in [0.5, 0.6) is 0 Å². The highest BCUT2D eigenvalue weighted by molar-refractivity contribution is 7.89. The molecule has 3 rings (SSSR count). The van der Waals surface area contributed by atoms with E-state index in [0.29, 0.717) is 17.8 Å². The molecule has 1 N–H and O–H groups in total. The number of carbonyl (C=O) groups excluding carboxylic acids is 1. The fourth-order valence-electron chi connectivity index (χ4n) is 4.07. The van der Waals surface area contributed by atoms with Crippen LogP contribution in [-0.4, -0.2) is 74.4 Å². The first kappa shape index (κ1) is 18.9. The Morgan fingerprint density at radius 3 is 2.40 bits per heavy atom. The van der Waals surface area contributed by atoms with Gasteiger partial charge in [0.15, 0.2) is 0 Å². The van der Waals surface area contributed by atoms with Crippen molar-refractivity contribution in [2.75, 3.05) is 38.5 Å². The van der Waals surface area contributed by atoms with E-state index >= 15 is 0 Å². The standard InChI is InChI=1S/C17H31N3O4S/c1-5-25(22,23)18-15-13-10-19(11-14(13)15)8-12-6-7-20(9-12)16(21)24-17(2,3)4/h12-15,18H,5-11H2,1-4H3/t12-,13?,14?,15?/m0/s1. The molecule has 25 heavy (non-hydrogen) atoms. The zero-order chi connectivity index (χ0) is 18.4. The molecule has 3 fully saturated rings. The number of carbonyl (C=O) groups is 1. The molecule has 2 aliphatic heterocycles. The van der Waals surface area contributed by atoms with Gasteiger partial charge in [0.25, 0.3) is 0 Å². The highest BCUT2D eigenvalue weighted by Gasteiger charge is 2.56. The number of nitrogens with zero attached hydrogens (tertiary/aromatic N) is 2. The zero-order valence-corrected chi connectivity index (χ0v) is 16.5. The van der Waals surface area contributed by atoms with Crippen molar-refractivity contribution in [2.45, 2.75) is 45.8 Å². The van der Waals surface area contributed by atoms with Crippen molar-refractivity contribution in [1.82, 2.24) is 14.5 Å². The Morgan fingerprint density at radius 1 is 1.20 bits per heavy atom. The van der Waals surface area contributed by atoms with E-state index < -0.39 is 15.6 Å². The average molecular weight is 374 g/mol. The normalized spacial score (nSPS) is 32.7. The summed E-state index contributed by atoms with van der Waals surface area (Å²) in [7, 11) is -3.10. The van der Waals surface area contributed by atoms with Gasteiger partial charge in [-0.2, -0.15) is 0 Å². The van der Waals surface area contributed by atoms with Gasteiger partial charge in [-0.1, -0.05) is 0 Å². The summed E-state index contributed by atoms with van der Waals surface area (Å²) in [4.78, 5) is 16.4. The van der Waals surface area contributed by atoms with E-state index in [-0.39, 0.29) is 17.9 Å². The molecule has 2 saturated heterocycles. The van der Waals surface area contributed by atoms with Crippen LogP contribution in [0.15, 0.2) is 0 Å². The predicted molar refractivity (Wildman–Crippen MR) is 95.7 cm³/mol. The van der Waals surface area contributed by atoms with Crippen LogP contribution in [0, 0.1) is 17.8 Å². The number of ether oxygens (including phenoxy) is 1. The van der Waals surface area contributed by atoms with E-state index in [0.717, 1.165) is 39.1 Å². The maximum absolute atomic E-state index is 12.1. The van der Waals surface area contributed by atoms with Crippen LogP contribution < -0.4 is 4.72 Å². The van der Waals surface area contributed by atoms with Gasteiger partial charge in [0.2, 0.25) is 10.0 Å². The molecule has 7 nitrogen and oxygen atoms in total. The number of piperidine rings is 1. The molecule has 0 bridgehead atoms. The van der Waals surface area contributed by atoms with Gasteiger partial charge in [0.1, 0.15) is 5.60 Å². The number of nitrogens with one attached hydrogen (secondary N) is 1. The fraction of sp³-hybridized carbons (Fsp3) is 0.941. The van der Waals surface area contributed by atoms with Crippen LogP contribution in [-0.2, 0) is 14.8 Å². The van der Waals surface area contributed by atoms with Crippen molar-refractivity contribution in [3.8, 4) is 0 Å². The Bertz CT molecular complexity index is 604. The molecule has 1 amide bonds. The summed E-state index contributed by atoms with van der Waals surface area (Å²) >= 11 is 0. The highest BCUT2D eigenvalue weighted by atomic mass is 32.2. The van der Waals surface area contributed by atoms with E-state index in [2.05, 4.69) is 9.62 Å². The average Bonchev–Trinajstić information content (AvgIpc) is 2.90. The first-order chi connectivity index (χ1) is 11.6. The molecular formula is C17H31N3O4S. The molecule has 2 heterocycles. The van der Waals surface area contributed by atoms with E-state index in [1.165, 1.54) is 0 Å². The summed E-state index contributed by atoms with van der Waals surface area (Å²) in [6.45, 7) is 11.8. The largest absolute Gasteiger partial charge is 0.444 e. The first-order valence-electron chi connectivity index (χ1n) is 9.28. The van der Waals surface area contributed by atoms with Gasteiger partial charge in [-0.25, -0.2) is 17.9 Å². The van der Waals surface area contributed by atoms with Crippen molar-refractivity contribution >= 4 is 16.1 Å². The van der Waals surface area contributed by atoms with Crippen LogP contribution >= 0.6 is 0 Å². The third kappa shape index (κ3) is 4.65. The van der Waals surface area contributed by atoms with Crippen molar-refractivity contribution in [2.24, 2.45) is 17.8 Å². The second-order valence-electron chi connectivity index (χ2n) is 8.67. The topological polar surface area (TPSA) is 79.0 Å². The number of rotatable bonds is 5. The molecule has 0 aromatic carbocycles. The number of likely N-dealkylation sites (tertiary alicyclic amines) is 2. The monoisotopic (exact) mass is 373 g/mol. The minimum Gasteiger partial charge on any atom is -0.444 e. The molecule has 144 valence electrons. The zero-order valence-electron chi connectivity index (χ0n) is 15.7. The number of amides is 1. The van der Waals surface area contributed by atoms with Crippen LogP contribution in [0.25, 0.3) is 0 Å². The second kappa shape index (κ2) is 6.70. The Balaban J connectivity index is 1.40. The van der Waals surface area contributed by atoms with Gasteiger partial charge in [0.05, 0.1) is 5.75 Å². The molecule has 3 aliphatic rings. The minimum atomic E-state index is -3.10. The van der Waals surface area contributed by atoms with Crippen molar-refractivity contribution in [1.29, 1.82) is 0 Å². The maximum atomic E-state index is 12.1. The van der Waals surface area contributed by atoms with Crippen LogP contribution in [0.1, 0.15) is 34.1 Å². The fourth-order valence-corrected chi connectivity index (χ4v) is 5.00. The number of hydrogen-bond acceptors (Lipinski definition) is 5. The van der Waals surface area contributed by atoms with E-state index in [1.54, 1.807) is 6.92 Å². The molecular weight excluding hydrogens is 342 g/mol. The molecule has 3 atom stereocenters. The lowest BCUT2D eigenvalue weighted by atomic mass is 10.1. The molecule has 0 spiro atoms. The highest BCUT2D eigenvalue weighted by Crippen LogP contribution is 2.46. The number of sulfonamides is 1.